The Labute approximate surface area is 279 Å². The highest BCUT2D eigenvalue weighted by molar-refractivity contribution is 8.01. The molecule has 6 rings (SSSR count). The largest absolute Gasteiger partial charge is 0.378 e. The van der Waals surface area contributed by atoms with Crippen molar-refractivity contribution in [2.45, 2.75) is 141 Å². The highest BCUT2D eigenvalue weighted by atomic mass is 32.2. The van der Waals surface area contributed by atoms with Crippen LogP contribution < -0.4 is 16.0 Å². The number of thioether (sulfide) groups is 3. The fourth-order valence-corrected chi connectivity index (χ4v) is 9.97. The number of benzene rings is 3. The predicted octanol–water partition coefficient (Wildman–Crippen LogP) is 11.1. The molecule has 0 atom stereocenters. The van der Waals surface area contributed by atoms with Crippen LogP contribution in [0.5, 0.6) is 0 Å². The van der Waals surface area contributed by atoms with E-state index in [4.69, 9.17) is 0 Å². The summed E-state index contributed by atoms with van der Waals surface area (Å²) in [6, 6.07) is 19.0. The zero-order valence-electron chi connectivity index (χ0n) is 28.8. The molecule has 6 heteroatoms. The lowest BCUT2D eigenvalue weighted by Gasteiger charge is -2.47. The van der Waals surface area contributed by atoms with Crippen LogP contribution in [0.2, 0.25) is 0 Å². The summed E-state index contributed by atoms with van der Waals surface area (Å²) < 4.78 is 0.264. The zero-order valence-corrected chi connectivity index (χ0v) is 31.2. The minimum Gasteiger partial charge on any atom is -0.378 e. The first kappa shape index (κ1) is 32.1. The van der Waals surface area contributed by atoms with Crippen molar-refractivity contribution in [3.8, 4) is 0 Å². The maximum absolute atomic E-state index is 4.00. The van der Waals surface area contributed by atoms with Crippen molar-refractivity contribution < 1.29 is 0 Å². The molecule has 3 aliphatic heterocycles. The SMILES string of the molecule is CC1(C)Nc2ccc(Cc3cc(Cc4ccc5c(c4)SC(C)(C)C(C)(C)N5)c4c(c3)SC(C)(C)C(C)(C)N4)cc2SC1(C)C. The van der Waals surface area contributed by atoms with E-state index in [-0.39, 0.29) is 30.9 Å². The number of hydrogen-bond acceptors (Lipinski definition) is 6. The van der Waals surface area contributed by atoms with Crippen LogP contribution >= 0.6 is 35.3 Å². The van der Waals surface area contributed by atoms with Crippen LogP contribution in [0.15, 0.2) is 63.2 Å². The first-order chi connectivity index (χ1) is 20.2. The molecule has 0 radical (unpaired) electrons. The first-order valence-corrected chi connectivity index (χ1v) is 18.5. The van der Waals surface area contributed by atoms with Gasteiger partial charge in [-0.2, -0.15) is 0 Å². The second-order valence-electron chi connectivity index (χ2n) is 16.2. The lowest BCUT2D eigenvalue weighted by atomic mass is 9.87. The highest BCUT2D eigenvalue weighted by Crippen LogP contribution is 2.53. The molecule has 3 aliphatic rings. The Morgan fingerprint density at radius 2 is 0.864 bits per heavy atom. The quantitative estimate of drug-likeness (QED) is 0.262. The van der Waals surface area contributed by atoms with Crippen LogP contribution in [0, 0.1) is 0 Å². The monoisotopic (exact) mass is 645 g/mol. The Morgan fingerprint density at radius 3 is 1.36 bits per heavy atom. The Bertz CT molecular complexity index is 1630. The van der Waals surface area contributed by atoms with Gasteiger partial charge in [0.05, 0.1) is 5.69 Å². The average Bonchev–Trinajstić information content (AvgIpc) is 2.86. The van der Waals surface area contributed by atoms with Gasteiger partial charge in [-0.25, -0.2) is 0 Å². The van der Waals surface area contributed by atoms with Crippen LogP contribution in [0.25, 0.3) is 0 Å². The minimum absolute atomic E-state index is 0.0241. The zero-order chi connectivity index (χ0) is 32.1. The topological polar surface area (TPSA) is 36.1 Å². The fraction of sp³-hybridized carbons (Fsp3) is 0.526. The molecule has 0 spiro atoms. The molecular formula is C38H51N3S3. The van der Waals surface area contributed by atoms with Gasteiger partial charge in [0.1, 0.15) is 0 Å². The third-order valence-electron chi connectivity index (χ3n) is 11.1. The van der Waals surface area contributed by atoms with Gasteiger partial charge in [-0.3, -0.25) is 0 Å². The second-order valence-corrected chi connectivity index (χ2v) is 21.2. The van der Waals surface area contributed by atoms with Crippen molar-refractivity contribution in [1.29, 1.82) is 0 Å². The maximum atomic E-state index is 4.00. The van der Waals surface area contributed by atoms with Gasteiger partial charge in [-0.1, -0.05) is 18.2 Å². The number of nitrogens with one attached hydrogen (secondary N) is 3. The molecule has 0 bridgehead atoms. The van der Waals surface area contributed by atoms with Crippen molar-refractivity contribution in [3.05, 3.63) is 70.8 Å². The number of fused-ring (bicyclic) bond motifs is 3. The molecule has 0 unspecified atom stereocenters. The summed E-state index contributed by atoms with van der Waals surface area (Å²) in [7, 11) is 0. The number of rotatable bonds is 4. The van der Waals surface area contributed by atoms with Crippen LogP contribution in [-0.2, 0) is 12.8 Å². The van der Waals surface area contributed by atoms with Gasteiger partial charge >= 0.3 is 0 Å². The van der Waals surface area contributed by atoms with Gasteiger partial charge < -0.3 is 16.0 Å². The van der Waals surface area contributed by atoms with Crippen LogP contribution in [0.4, 0.5) is 17.1 Å². The van der Waals surface area contributed by atoms with Gasteiger partial charge in [0, 0.05) is 56.9 Å². The van der Waals surface area contributed by atoms with E-state index in [2.05, 4.69) is 148 Å². The molecule has 0 amide bonds. The Morgan fingerprint density at radius 1 is 0.455 bits per heavy atom. The molecule has 236 valence electrons. The van der Waals surface area contributed by atoms with E-state index in [0.29, 0.717) is 0 Å². The summed E-state index contributed by atoms with van der Waals surface area (Å²) in [6.07, 6.45) is 1.83. The molecule has 44 heavy (non-hydrogen) atoms. The lowest BCUT2D eigenvalue weighted by molar-refractivity contribution is 0.441. The van der Waals surface area contributed by atoms with Gasteiger partial charge in [-0.15, -0.1) is 35.3 Å². The molecule has 0 aromatic heterocycles. The van der Waals surface area contributed by atoms with E-state index >= 15 is 0 Å². The Balaban J connectivity index is 1.36. The minimum atomic E-state index is -0.0323. The van der Waals surface area contributed by atoms with E-state index in [1.807, 2.05) is 35.3 Å². The molecule has 0 aliphatic carbocycles. The predicted molar refractivity (Wildman–Crippen MR) is 198 cm³/mol. The molecule has 0 saturated heterocycles. The molecule has 3 N–H and O–H groups in total. The van der Waals surface area contributed by atoms with E-state index in [9.17, 15) is 0 Å². The van der Waals surface area contributed by atoms with Crippen LogP contribution in [0.3, 0.4) is 0 Å². The molecule has 3 nitrogen and oxygen atoms in total. The smallest absolute Gasteiger partial charge is 0.0519 e. The Kier molecular flexibility index (Phi) is 7.51. The van der Waals surface area contributed by atoms with Crippen molar-refractivity contribution in [2.75, 3.05) is 16.0 Å². The average molecular weight is 646 g/mol. The summed E-state index contributed by atoms with van der Waals surface area (Å²) in [5.41, 5.74) is 9.34. The van der Waals surface area contributed by atoms with E-state index in [1.54, 1.807) is 0 Å². The lowest BCUT2D eigenvalue weighted by Crippen LogP contribution is -2.51. The second kappa shape index (κ2) is 10.3. The van der Waals surface area contributed by atoms with Gasteiger partial charge in [0.2, 0.25) is 0 Å². The molecule has 3 aromatic carbocycles. The molecule has 3 heterocycles. The van der Waals surface area contributed by atoms with Crippen molar-refractivity contribution in [2.24, 2.45) is 0 Å². The molecular weight excluding hydrogens is 595 g/mol. The Hall–Kier alpha value is -1.89. The fourth-order valence-electron chi connectivity index (χ4n) is 6.03. The summed E-state index contributed by atoms with van der Waals surface area (Å²) in [6.45, 7) is 28.0. The summed E-state index contributed by atoms with van der Waals surface area (Å²) in [5, 5.41) is 11.6. The van der Waals surface area contributed by atoms with Gasteiger partial charge in [-0.05, 0) is 149 Å². The standard InChI is InChI=1S/C38H51N3S3/c1-33(2)36(7,8)42-29-20-23(13-15-27(29)39-33)17-25-19-26(32-31(22-25)44-38(11,12)35(5,6)41-32)18-24-14-16-28-30(21-24)43-37(9,10)34(3,4)40-28/h13-16,19-22,39-41H,17-18H2,1-12H3. The number of hydrogen-bond donors (Lipinski definition) is 3. The molecule has 0 fully saturated rings. The van der Waals surface area contributed by atoms with E-state index in [1.165, 1.54) is 54.0 Å². The van der Waals surface area contributed by atoms with Gasteiger partial charge in [0.15, 0.2) is 0 Å². The third-order valence-corrected chi connectivity index (χ3v) is 15.8. The maximum Gasteiger partial charge on any atom is 0.0519 e. The van der Waals surface area contributed by atoms with Crippen molar-refractivity contribution in [3.63, 3.8) is 0 Å². The number of anilines is 3. The van der Waals surface area contributed by atoms with Crippen molar-refractivity contribution >= 4 is 52.3 Å². The molecule has 0 saturated carbocycles. The summed E-state index contributed by atoms with van der Waals surface area (Å²) in [5.74, 6) is 0. The first-order valence-electron chi connectivity index (χ1n) is 16.0. The van der Waals surface area contributed by atoms with Crippen LogP contribution in [-0.4, -0.2) is 30.9 Å². The van der Waals surface area contributed by atoms with Crippen molar-refractivity contribution in [1.82, 2.24) is 0 Å². The summed E-state index contributed by atoms with van der Waals surface area (Å²) in [4.78, 5) is 4.08. The highest BCUT2D eigenvalue weighted by Gasteiger charge is 2.44. The van der Waals surface area contributed by atoms with Crippen LogP contribution in [0.1, 0.15) is 105 Å². The van der Waals surface area contributed by atoms with Gasteiger partial charge in [0.25, 0.3) is 0 Å². The summed E-state index contributed by atoms with van der Waals surface area (Å²) >= 11 is 6.03. The normalized spacial score (nSPS) is 22.7. The third kappa shape index (κ3) is 5.55. The van der Waals surface area contributed by atoms with E-state index in [0.717, 1.165) is 12.8 Å². The van der Waals surface area contributed by atoms with E-state index < -0.39 is 0 Å². The molecule has 3 aromatic rings.